The van der Waals surface area contributed by atoms with E-state index in [1.807, 2.05) is 0 Å². The molecule has 0 aliphatic heterocycles. The van der Waals surface area contributed by atoms with Gasteiger partial charge >= 0.3 is 0 Å². The molecule has 0 unspecified atom stereocenters. The van der Waals surface area contributed by atoms with Crippen molar-refractivity contribution in [3.8, 4) is 0 Å². The maximum Gasteiger partial charge on any atom is 0.217 e. The summed E-state index contributed by atoms with van der Waals surface area (Å²) in [5.74, 6) is 3.47. The summed E-state index contributed by atoms with van der Waals surface area (Å²) in [5.41, 5.74) is 2.36. The van der Waals surface area contributed by atoms with E-state index >= 15 is 0 Å². The first-order valence-corrected chi connectivity index (χ1v) is 12.4. The summed E-state index contributed by atoms with van der Waals surface area (Å²) in [7, 11) is 0.176. The predicted octanol–water partition coefficient (Wildman–Crippen LogP) is 6.91. The van der Waals surface area contributed by atoms with Gasteiger partial charge in [-0.2, -0.15) is 0 Å². The first-order chi connectivity index (χ1) is 12.5. The van der Waals surface area contributed by atoms with Crippen LogP contribution in [0.5, 0.6) is 0 Å². The molecule has 1 aliphatic carbocycles. The van der Waals surface area contributed by atoms with Crippen LogP contribution in [0.2, 0.25) is 0 Å². The first kappa shape index (κ1) is 21.5. The van der Waals surface area contributed by atoms with Crippen molar-refractivity contribution in [3.63, 3.8) is 0 Å². The van der Waals surface area contributed by atoms with Gasteiger partial charge in [0.05, 0.1) is 0 Å². The molecule has 1 aliphatic rings. The second-order valence-electron chi connectivity index (χ2n) is 8.40. The van der Waals surface area contributed by atoms with Crippen LogP contribution in [0.15, 0.2) is 24.3 Å². The smallest absolute Gasteiger partial charge is 0.217 e. The summed E-state index contributed by atoms with van der Waals surface area (Å²) >= 11 is 0. The van der Waals surface area contributed by atoms with E-state index in [0.29, 0.717) is 11.7 Å². The summed E-state index contributed by atoms with van der Waals surface area (Å²) in [6.07, 6.45) is 11.7. The van der Waals surface area contributed by atoms with Crippen molar-refractivity contribution in [1.82, 2.24) is 0 Å². The fourth-order valence-electron chi connectivity index (χ4n) is 4.07. The number of ketones is 1. The van der Waals surface area contributed by atoms with Crippen LogP contribution in [0.25, 0.3) is 0 Å². The van der Waals surface area contributed by atoms with Crippen LogP contribution in [-0.2, 0) is 10.9 Å². The average Bonchev–Trinajstić information content (AvgIpc) is 2.68. The molecule has 0 heterocycles. The molecule has 0 N–H and O–H groups in total. The lowest BCUT2D eigenvalue weighted by Crippen LogP contribution is -2.44. The van der Waals surface area contributed by atoms with Crippen LogP contribution in [0, 0.1) is 0 Å². The largest absolute Gasteiger partial charge is 0.288 e. The van der Waals surface area contributed by atoms with Crippen molar-refractivity contribution in [1.29, 1.82) is 0 Å². The van der Waals surface area contributed by atoms with Crippen LogP contribution in [-0.4, -0.2) is 22.0 Å². The molecule has 2 heteroatoms. The van der Waals surface area contributed by atoms with E-state index in [-0.39, 0.29) is 15.6 Å². The van der Waals surface area contributed by atoms with Gasteiger partial charge in [0.25, 0.3) is 0 Å². The van der Waals surface area contributed by atoms with Crippen LogP contribution in [0.3, 0.4) is 0 Å². The predicted molar refractivity (Wildman–Crippen MR) is 118 cm³/mol. The number of benzene rings is 1. The van der Waals surface area contributed by atoms with Crippen molar-refractivity contribution < 1.29 is 4.79 Å². The molecule has 0 saturated heterocycles. The molecular formula is C24H39OS+. The normalized spacial score (nSPS) is 16.2. The highest BCUT2D eigenvalue weighted by atomic mass is 32.2. The van der Waals surface area contributed by atoms with E-state index in [4.69, 9.17) is 0 Å². The molecule has 146 valence electrons. The van der Waals surface area contributed by atoms with Crippen molar-refractivity contribution in [2.24, 2.45) is 0 Å². The van der Waals surface area contributed by atoms with Crippen molar-refractivity contribution in [2.45, 2.75) is 96.1 Å². The molecular weight excluding hydrogens is 336 g/mol. The third kappa shape index (κ3) is 5.62. The van der Waals surface area contributed by atoms with E-state index < -0.39 is 0 Å². The molecule has 1 fully saturated rings. The highest BCUT2D eigenvalue weighted by molar-refractivity contribution is 7.98. The van der Waals surface area contributed by atoms with Crippen LogP contribution < -0.4 is 0 Å². The Morgan fingerprint density at radius 1 is 0.962 bits per heavy atom. The number of rotatable bonds is 10. The molecule has 0 amide bonds. The molecule has 1 aromatic rings. The third-order valence-corrected chi connectivity index (χ3v) is 9.20. The lowest BCUT2D eigenvalue weighted by molar-refractivity contribution is 0.0956. The van der Waals surface area contributed by atoms with Gasteiger partial charge in [-0.1, -0.05) is 70.2 Å². The number of carbonyl (C=O) groups excluding carboxylic acids is 1. The molecule has 0 radical (unpaired) electrons. The molecule has 26 heavy (non-hydrogen) atoms. The minimum atomic E-state index is -0.239. The highest BCUT2D eigenvalue weighted by Crippen LogP contribution is 2.33. The topological polar surface area (TPSA) is 17.1 Å². The standard InChI is InChI=1S/C24H39OS/c1-5-7-18-26(19-8-6-2)24(3,4)23(25)22-16-14-21(15-17-22)20-12-10-9-11-13-20/h14-17,20H,5-13,18-19H2,1-4H3/q+1. The summed E-state index contributed by atoms with van der Waals surface area (Å²) in [6, 6.07) is 8.68. The summed E-state index contributed by atoms with van der Waals surface area (Å²) < 4.78 is -0.239. The maximum atomic E-state index is 13.3. The molecule has 1 saturated carbocycles. The fraction of sp³-hybridized carbons (Fsp3) is 0.708. The van der Waals surface area contributed by atoms with E-state index in [9.17, 15) is 4.79 Å². The Hall–Kier alpha value is -0.760. The number of carbonyl (C=O) groups is 1. The Kier molecular flexibility index (Phi) is 8.73. The average molecular weight is 376 g/mol. The second-order valence-corrected chi connectivity index (χ2v) is 11.2. The zero-order valence-corrected chi connectivity index (χ0v) is 18.3. The quantitative estimate of drug-likeness (QED) is 0.320. The third-order valence-electron chi connectivity index (χ3n) is 6.01. The number of hydrogen-bond acceptors (Lipinski definition) is 1. The van der Waals surface area contributed by atoms with Crippen LogP contribution >= 0.6 is 0 Å². The van der Waals surface area contributed by atoms with Gasteiger partial charge in [-0.25, -0.2) is 0 Å². The molecule has 0 atom stereocenters. The van der Waals surface area contributed by atoms with Crippen LogP contribution in [0.4, 0.5) is 0 Å². The zero-order valence-electron chi connectivity index (χ0n) is 17.5. The van der Waals surface area contributed by atoms with Crippen molar-refractivity contribution in [3.05, 3.63) is 35.4 Å². The van der Waals surface area contributed by atoms with Crippen molar-refractivity contribution >= 4 is 16.7 Å². The van der Waals surface area contributed by atoms with Gasteiger partial charge in [-0.15, -0.1) is 0 Å². The Labute approximate surface area is 164 Å². The lowest BCUT2D eigenvalue weighted by atomic mass is 9.83. The van der Waals surface area contributed by atoms with E-state index in [1.54, 1.807) is 0 Å². The van der Waals surface area contributed by atoms with Gasteiger partial charge in [0.1, 0.15) is 11.5 Å². The van der Waals surface area contributed by atoms with Crippen LogP contribution in [0.1, 0.15) is 107 Å². The Bertz CT molecular complexity index is 532. The molecule has 0 bridgehead atoms. The van der Waals surface area contributed by atoms with Gasteiger partial charge in [0.15, 0.2) is 4.75 Å². The monoisotopic (exact) mass is 375 g/mol. The van der Waals surface area contributed by atoms with Gasteiger partial charge in [-0.3, -0.25) is 4.79 Å². The number of unbranched alkanes of at least 4 members (excludes halogenated alkanes) is 2. The highest BCUT2D eigenvalue weighted by Gasteiger charge is 2.44. The maximum absolute atomic E-state index is 13.3. The Morgan fingerprint density at radius 2 is 1.50 bits per heavy atom. The lowest BCUT2D eigenvalue weighted by Gasteiger charge is -2.26. The molecule has 0 aromatic heterocycles. The zero-order chi connectivity index (χ0) is 19.0. The van der Waals surface area contributed by atoms with Gasteiger partial charge < -0.3 is 0 Å². The number of hydrogen-bond donors (Lipinski definition) is 0. The summed E-state index contributed by atoms with van der Waals surface area (Å²) in [4.78, 5) is 13.3. The second kappa shape index (κ2) is 10.5. The Balaban J connectivity index is 2.10. The summed E-state index contributed by atoms with van der Waals surface area (Å²) in [5, 5.41) is 0. The van der Waals surface area contributed by atoms with Gasteiger partial charge in [-0.05, 0) is 51.0 Å². The van der Waals surface area contributed by atoms with E-state index in [1.165, 1.54) is 74.9 Å². The van der Waals surface area contributed by atoms with E-state index in [0.717, 1.165) is 5.56 Å². The molecule has 1 nitrogen and oxygen atoms in total. The van der Waals surface area contributed by atoms with Gasteiger partial charge in [0, 0.05) is 16.5 Å². The fourth-order valence-corrected chi connectivity index (χ4v) is 6.95. The first-order valence-electron chi connectivity index (χ1n) is 10.8. The SMILES string of the molecule is CCCC[S+](CCCC)C(C)(C)C(=O)c1ccc(C2CCCCC2)cc1. The summed E-state index contributed by atoms with van der Waals surface area (Å²) in [6.45, 7) is 8.89. The van der Waals surface area contributed by atoms with E-state index in [2.05, 4.69) is 52.0 Å². The van der Waals surface area contributed by atoms with Crippen molar-refractivity contribution in [2.75, 3.05) is 11.5 Å². The van der Waals surface area contributed by atoms with Gasteiger partial charge in [0.2, 0.25) is 5.78 Å². The Morgan fingerprint density at radius 3 is 2.00 bits per heavy atom. The number of Topliss-reactive ketones (excluding diaryl/α,β-unsaturated/α-hetero) is 1. The molecule has 1 aromatic carbocycles. The molecule has 2 rings (SSSR count). The minimum Gasteiger partial charge on any atom is -0.288 e. The molecule has 0 spiro atoms. The minimum absolute atomic E-state index is 0.176.